The van der Waals surface area contributed by atoms with Gasteiger partial charge in [-0.25, -0.2) is 8.78 Å². The number of rotatable bonds is 2. The summed E-state index contributed by atoms with van der Waals surface area (Å²) < 4.78 is 28.1. The molecular formula is C23H17ClF2N2O2. The minimum atomic E-state index is -0.778. The third-order valence-electron chi connectivity index (χ3n) is 5.02. The Labute approximate surface area is 177 Å². The van der Waals surface area contributed by atoms with E-state index < -0.39 is 29.5 Å². The van der Waals surface area contributed by atoms with Crippen LogP contribution in [0.5, 0.6) is 0 Å². The Morgan fingerprint density at radius 3 is 2.53 bits per heavy atom. The van der Waals surface area contributed by atoms with E-state index in [9.17, 15) is 18.4 Å². The summed E-state index contributed by atoms with van der Waals surface area (Å²) in [6.07, 6.45) is 0. The fourth-order valence-corrected chi connectivity index (χ4v) is 3.91. The lowest BCUT2D eigenvalue weighted by atomic mass is 9.94. The predicted octanol–water partition coefficient (Wildman–Crippen LogP) is 5.11. The number of nitrogens with one attached hydrogen (secondary N) is 1. The number of fused-ring (bicyclic) bond motifs is 1. The van der Waals surface area contributed by atoms with Gasteiger partial charge in [0.05, 0.1) is 16.6 Å². The van der Waals surface area contributed by atoms with Crippen LogP contribution in [0.4, 0.5) is 14.5 Å². The Morgan fingerprint density at radius 1 is 1.10 bits per heavy atom. The highest BCUT2D eigenvalue weighted by molar-refractivity contribution is 6.34. The molecule has 0 aliphatic carbocycles. The van der Waals surface area contributed by atoms with E-state index in [1.54, 1.807) is 18.2 Å². The largest absolute Gasteiger partial charge is 0.324 e. The van der Waals surface area contributed by atoms with Gasteiger partial charge in [-0.3, -0.25) is 9.59 Å². The second-order valence-electron chi connectivity index (χ2n) is 7.12. The maximum Gasteiger partial charge on any atom is 0.259 e. The monoisotopic (exact) mass is 426 g/mol. The minimum absolute atomic E-state index is 0.0491. The number of hydrogen-bond donors (Lipinski definition) is 1. The molecule has 0 bridgehead atoms. The van der Waals surface area contributed by atoms with Gasteiger partial charge >= 0.3 is 0 Å². The van der Waals surface area contributed by atoms with Gasteiger partial charge in [0.15, 0.2) is 0 Å². The first-order chi connectivity index (χ1) is 14.3. The van der Waals surface area contributed by atoms with Crippen molar-refractivity contribution in [2.24, 2.45) is 0 Å². The lowest BCUT2D eigenvalue weighted by Crippen LogP contribution is -2.39. The maximum atomic E-state index is 14.5. The summed E-state index contributed by atoms with van der Waals surface area (Å²) >= 11 is 6.12. The number of nitrogens with zero attached hydrogens (tertiary/aromatic N) is 1. The van der Waals surface area contributed by atoms with Gasteiger partial charge in [0.25, 0.3) is 5.91 Å². The van der Waals surface area contributed by atoms with Crippen molar-refractivity contribution in [3.05, 3.63) is 99.6 Å². The first-order valence-electron chi connectivity index (χ1n) is 9.26. The van der Waals surface area contributed by atoms with E-state index in [1.165, 1.54) is 29.2 Å². The highest BCUT2D eigenvalue weighted by atomic mass is 35.5. The lowest BCUT2D eigenvalue weighted by Gasteiger charge is -2.31. The number of carbonyl (C=O) groups is 2. The van der Waals surface area contributed by atoms with Gasteiger partial charge in [-0.1, -0.05) is 47.5 Å². The number of benzene rings is 3. The van der Waals surface area contributed by atoms with Crippen LogP contribution in [-0.4, -0.2) is 23.3 Å². The molecule has 4 nitrogen and oxygen atoms in total. The number of halogens is 3. The van der Waals surface area contributed by atoms with E-state index in [-0.39, 0.29) is 17.1 Å². The number of carbonyl (C=O) groups excluding carboxylic acids is 2. The number of aryl methyl sites for hydroxylation is 1. The van der Waals surface area contributed by atoms with Crippen LogP contribution in [0.1, 0.15) is 33.1 Å². The van der Waals surface area contributed by atoms with Crippen molar-refractivity contribution in [2.45, 2.75) is 13.0 Å². The van der Waals surface area contributed by atoms with Crippen LogP contribution in [0, 0.1) is 18.6 Å². The lowest BCUT2D eigenvalue weighted by molar-refractivity contribution is -0.117. The van der Waals surface area contributed by atoms with Gasteiger partial charge in [-0.05, 0) is 42.8 Å². The summed E-state index contributed by atoms with van der Waals surface area (Å²) in [6.45, 7) is 1.56. The Kier molecular flexibility index (Phi) is 5.26. The second-order valence-corrected chi connectivity index (χ2v) is 7.53. The molecule has 1 atom stereocenters. The summed E-state index contributed by atoms with van der Waals surface area (Å²) in [5, 5.41) is 2.74. The molecule has 0 saturated heterocycles. The molecule has 1 aliphatic heterocycles. The third-order valence-corrected chi connectivity index (χ3v) is 5.34. The van der Waals surface area contributed by atoms with Gasteiger partial charge in [0, 0.05) is 11.3 Å². The van der Waals surface area contributed by atoms with Crippen molar-refractivity contribution >= 4 is 29.1 Å². The zero-order valence-electron chi connectivity index (χ0n) is 16.0. The van der Waals surface area contributed by atoms with E-state index >= 15 is 0 Å². The molecule has 3 aromatic carbocycles. The van der Waals surface area contributed by atoms with Crippen molar-refractivity contribution in [2.75, 3.05) is 11.9 Å². The van der Waals surface area contributed by atoms with Crippen LogP contribution >= 0.6 is 11.6 Å². The quantitative estimate of drug-likeness (QED) is 0.619. The molecule has 0 fully saturated rings. The smallest absolute Gasteiger partial charge is 0.259 e. The van der Waals surface area contributed by atoms with Crippen LogP contribution in [0.15, 0.2) is 60.7 Å². The summed E-state index contributed by atoms with van der Waals surface area (Å²) in [5.41, 5.74) is 2.37. The van der Waals surface area contributed by atoms with Crippen LogP contribution in [0.3, 0.4) is 0 Å². The molecule has 152 valence electrons. The van der Waals surface area contributed by atoms with Crippen molar-refractivity contribution in [3.8, 4) is 0 Å². The van der Waals surface area contributed by atoms with Gasteiger partial charge in [0.1, 0.15) is 18.2 Å². The zero-order valence-corrected chi connectivity index (χ0v) is 16.7. The van der Waals surface area contributed by atoms with Crippen LogP contribution in [0.2, 0.25) is 5.02 Å². The molecule has 0 radical (unpaired) electrons. The van der Waals surface area contributed by atoms with Crippen molar-refractivity contribution < 1.29 is 18.4 Å². The molecule has 2 amide bonds. The van der Waals surface area contributed by atoms with Gasteiger partial charge < -0.3 is 10.2 Å². The van der Waals surface area contributed by atoms with Gasteiger partial charge in [-0.15, -0.1) is 0 Å². The van der Waals surface area contributed by atoms with E-state index in [1.807, 2.05) is 19.1 Å². The fourth-order valence-electron chi connectivity index (χ4n) is 3.67. The molecule has 0 aromatic heterocycles. The molecule has 7 heteroatoms. The Bertz CT molecular complexity index is 1130. The van der Waals surface area contributed by atoms with Crippen LogP contribution < -0.4 is 5.32 Å². The average molecular weight is 427 g/mol. The van der Waals surface area contributed by atoms with Crippen molar-refractivity contribution in [3.63, 3.8) is 0 Å². The van der Waals surface area contributed by atoms with Crippen LogP contribution in [0.25, 0.3) is 0 Å². The molecule has 1 aliphatic rings. The summed E-state index contributed by atoms with van der Waals surface area (Å²) in [6, 6.07) is 14.3. The van der Waals surface area contributed by atoms with Crippen molar-refractivity contribution in [1.29, 1.82) is 0 Å². The Morgan fingerprint density at radius 2 is 1.83 bits per heavy atom. The number of anilines is 1. The highest BCUT2D eigenvalue weighted by Gasteiger charge is 2.35. The third kappa shape index (κ3) is 3.66. The highest BCUT2D eigenvalue weighted by Crippen LogP contribution is 2.38. The van der Waals surface area contributed by atoms with E-state index in [0.29, 0.717) is 16.8 Å². The summed E-state index contributed by atoms with van der Waals surface area (Å²) in [4.78, 5) is 27.3. The molecule has 4 rings (SSSR count). The molecule has 0 spiro atoms. The average Bonchev–Trinajstić information content (AvgIpc) is 2.84. The molecule has 0 saturated carbocycles. The standard InChI is InChI=1S/C23H17ClF2N2O2/c1-13-5-10-19-16(11-13)22(14-6-8-15(25)9-7-14)28(12-20(29)27-19)23(30)21-17(24)3-2-4-18(21)26/h2-11,22H,12H2,1H3,(H,27,29)/t22-/m0/s1. The molecule has 3 aromatic rings. The van der Waals surface area contributed by atoms with Gasteiger partial charge in [-0.2, -0.15) is 0 Å². The fraction of sp³-hybridized carbons (Fsp3) is 0.130. The normalized spacial score (nSPS) is 15.9. The van der Waals surface area contributed by atoms with Crippen molar-refractivity contribution in [1.82, 2.24) is 4.90 Å². The molecule has 0 unspecified atom stereocenters. The SMILES string of the molecule is Cc1ccc2c(c1)[C@H](c1ccc(F)cc1)N(C(=O)c1c(F)cccc1Cl)CC(=O)N2. The second kappa shape index (κ2) is 7.88. The Balaban J connectivity index is 1.93. The first kappa shape index (κ1) is 20.0. The molecule has 1 heterocycles. The molecule has 1 N–H and O–H groups in total. The Hall–Kier alpha value is -3.25. The van der Waals surface area contributed by atoms with E-state index in [4.69, 9.17) is 11.6 Å². The zero-order chi connectivity index (χ0) is 21.4. The topological polar surface area (TPSA) is 49.4 Å². The minimum Gasteiger partial charge on any atom is -0.324 e. The molecular weight excluding hydrogens is 410 g/mol. The number of hydrogen-bond acceptors (Lipinski definition) is 2. The molecule has 30 heavy (non-hydrogen) atoms. The maximum absolute atomic E-state index is 14.5. The van der Waals surface area contributed by atoms with E-state index in [2.05, 4.69) is 5.32 Å². The van der Waals surface area contributed by atoms with E-state index in [0.717, 1.165) is 11.6 Å². The number of amides is 2. The summed E-state index contributed by atoms with van der Waals surface area (Å²) in [5.74, 6) is -2.36. The predicted molar refractivity (Wildman–Crippen MR) is 110 cm³/mol. The summed E-state index contributed by atoms with van der Waals surface area (Å²) in [7, 11) is 0. The van der Waals surface area contributed by atoms with Gasteiger partial charge in [0.2, 0.25) is 5.91 Å². The van der Waals surface area contributed by atoms with Crippen LogP contribution in [-0.2, 0) is 4.79 Å². The first-order valence-corrected chi connectivity index (χ1v) is 9.64.